The van der Waals surface area contributed by atoms with E-state index in [0.717, 1.165) is 32.5 Å². The number of pyridine rings is 1. The maximum atomic E-state index is 5.81. The molecule has 0 fully saturated rings. The molecule has 0 aliphatic carbocycles. The van der Waals surface area contributed by atoms with Crippen molar-refractivity contribution in [2.75, 3.05) is 25.4 Å². The summed E-state index contributed by atoms with van der Waals surface area (Å²) in [4.78, 5) is 12.4. The molecule has 0 saturated heterocycles. The smallest absolute Gasteiger partial charge is 0.180 e. The molecule has 0 saturated carbocycles. The van der Waals surface area contributed by atoms with Crippen LogP contribution in [0.3, 0.4) is 0 Å². The predicted molar refractivity (Wildman–Crippen MR) is 101 cm³/mol. The average molecular weight is 336 g/mol. The predicted octanol–water partition coefficient (Wildman–Crippen LogP) is 3.39. The van der Waals surface area contributed by atoms with Crippen LogP contribution in [0.4, 0.5) is 5.13 Å². The van der Waals surface area contributed by atoms with Crippen LogP contribution in [0.25, 0.3) is 16.8 Å². The lowest BCUT2D eigenvalue weighted by atomic mass is 10.1. The standard InChI is InChI=1S/C19H20N4S/c20-19-22-17-6-10-23(11-7-18(17)24-19)9-1-2-14-3-4-16-13-21-8-5-15(16)12-14/h1-5,8,12-13H,6-7,9-11H2,(H2,20,22). The van der Waals surface area contributed by atoms with Crippen LogP contribution < -0.4 is 5.73 Å². The molecule has 0 unspecified atom stereocenters. The Morgan fingerprint density at radius 1 is 1.17 bits per heavy atom. The van der Waals surface area contributed by atoms with Crippen molar-refractivity contribution in [1.29, 1.82) is 0 Å². The Balaban J connectivity index is 1.39. The summed E-state index contributed by atoms with van der Waals surface area (Å²) in [5, 5.41) is 3.12. The average Bonchev–Trinajstić information content (AvgIpc) is 2.86. The Kier molecular flexibility index (Phi) is 4.28. The molecule has 2 aromatic heterocycles. The zero-order valence-electron chi connectivity index (χ0n) is 13.5. The molecule has 2 N–H and O–H groups in total. The number of nitrogens with two attached hydrogens (primary N) is 1. The van der Waals surface area contributed by atoms with Crippen LogP contribution >= 0.6 is 11.3 Å². The number of thiazole rings is 1. The van der Waals surface area contributed by atoms with Crippen LogP contribution in [0.5, 0.6) is 0 Å². The lowest BCUT2D eigenvalue weighted by Crippen LogP contribution is -2.26. The minimum Gasteiger partial charge on any atom is -0.375 e. The van der Waals surface area contributed by atoms with Crippen LogP contribution in [-0.4, -0.2) is 34.5 Å². The second-order valence-electron chi connectivity index (χ2n) is 6.11. The number of nitrogens with zero attached hydrogens (tertiary/aromatic N) is 3. The van der Waals surface area contributed by atoms with Crippen molar-refractivity contribution in [3.63, 3.8) is 0 Å². The fraction of sp³-hybridized carbons (Fsp3) is 0.263. The molecule has 4 nitrogen and oxygen atoms in total. The van der Waals surface area contributed by atoms with Crippen LogP contribution in [0.2, 0.25) is 0 Å². The van der Waals surface area contributed by atoms with Crippen LogP contribution in [0.1, 0.15) is 16.1 Å². The van der Waals surface area contributed by atoms with E-state index in [9.17, 15) is 0 Å². The number of rotatable bonds is 3. The van der Waals surface area contributed by atoms with Gasteiger partial charge in [-0.25, -0.2) is 4.98 Å². The van der Waals surface area contributed by atoms with Gasteiger partial charge in [-0.05, 0) is 29.5 Å². The second-order valence-corrected chi connectivity index (χ2v) is 7.22. The van der Waals surface area contributed by atoms with Gasteiger partial charge in [-0.2, -0.15) is 0 Å². The highest BCUT2D eigenvalue weighted by molar-refractivity contribution is 7.15. The van der Waals surface area contributed by atoms with E-state index in [1.165, 1.54) is 26.9 Å². The molecule has 1 aromatic carbocycles. The van der Waals surface area contributed by atoms with Crippen molar-refractivity contribution < 1.29 is 0 Å². The number of fused-ring (bicyclic) bond motifs is 2. The fourth-order valence-corrected chi connectivity index (χ4v) is 4.02. The number of hydrogen-bond donors (Lipinski definition) is 1. The maximum absolute atomic E-state index is 5.81. The van der Waals surface area contributed by atoms with Gasteiger partial charge in [-0.1, -0.05) is 24.3 Å². The Bertz CT molecular complexity index is 858. The lowest BCUT2D eigenvalue weighted by Gasteiger charge is -2.17. The van der Waals surface area contributed by atoms with Crippen molar-refractivity contribution in [2.45, 2.75) is 12.8 Å². The van der Waals surface area contributed by atoms with Gasteiger partial charge in [0.05, 0.1) is 5.69 Å². The van der Waals surface area contributed by atoms with E-state index >= 15 is 0 Å². The number of aromatic nitrogens is 2. The van der Waals surface area contributed by atoms with E-state index < -0.39 is 0 Å². The first-order valence-corrected chi connectivity index (χ1v) is 9.06. The van der Waals surface area contributed by atoms with E-state index in [1.807, 2.05) is 12.4 Å². The molecule has 3 heterocycles. The molecule has 24 heavy (non-hydrogen) atoms. The summed E-state index contributed by atoms with van der Waals surface area (Å²) in [5.74, 6) is 0. The third kappa shape index (κ3) is 3.32. The van der Waals surface area contributed by atoms with Crippen molar-refractivity contribution in [3.05, 3.63) is 58.9 Å². The fourth-order valence-electron chi connectivity index (χ4n) is 3.16. The Morgan fingerprint density at radius 3 is 3.04 bits per heavy atom. The van der Waals surface area contributed by atoms with Gasteiger partial charge in [0.1, 0.15) is 0 Å². The summed E-state index contributed by atoms with van der Waals surface area (Å²) in [5.41, 5.74) is 8.24. The highest BCUT2D eigenvalue weighted by Gasteiger charge is 2.16. The molecule has 0 amide bonds. The number of benzene rings is 1. The zero-order valence-corrected chi connectivity index (χ0v) is 14.3. The van der Waals surface area contributed by atoms with Crippen LogP contribution in [-0.2, 0) is 12.8 Å². The molecule has 1 aliphatic heterocycles. The van der Waals surface area contributed by atoms with Crippen LogP contribution in [0, 0.1) is 0 Å². The quantitative estimate of drug-likeness (QED) is 0.796. The molecule has 5 heteroatoms. The van der Waals surface area contributed by atoms with Crippen molar-refractivity contribution in [1.82, 2.24) is 14.9 Å². The highest BCUT2D eigenvalue weighted by atomic mass is 32.1. The van der Waals surface area contributed by atoms with Gasteiger partial charge in [-0.15, -0.1) is 11.3 Å². The van der Waals surface area contributed by atoms with E-state index in [0.29, 0.717) is 5.13 Å². The van der Waals surface area contributed by atoms with Gasteiger partial charge >= 0.3 is 0 Å². The molecule has 0 bridgehead atoms. The van der Waals surface area contributed by atoms with E-state index in [-0.39, 0.29) is 0 Å². The minimum atomic E-state index is 0.708. The van der Waals surface area contributed by atoms with E-state index in [1.54, 1.807) is 11.3 Å². The Labute approximate surface area is 145 Å². The molecule has 4 rings (SSSR count). The molecule has 0 radical (unpaired) electrons. The van der Waals surface area contributed by atoms with E-state index in [2.05, 4.69) is 51.3 Å². The number of hydrogen-bond acceptors (Lipinski definition) is 5. The Hall–Kier alpha value is -2.24. The second kappa shape index (κ2) is 6.71. The molecule has 3 aromatic rings. The van der Waals surface area contributed by atoms with Crippen molar-refractivity contribution in [2.24, 2.45) is 0 Å². The Morgan fingerprint density at radius 2 is 2.08 bits per heavy atom. The van der Waals surface area contributed by atoms with Crippen LogP contribution in [0.15, 0.2) is 42.7 Å². The van der Waals surface area contributed by atoms with Gasteiger partial charge in [-0.3, -0.25) is 9.88 Å². The monoisotopic (exact) mass is 336 g/mol. The maximum Gasteiger partial charge on any atom is 0.180 e. The summed E-state index contributed by atoms with van der Waals surface area (Å²) in [6.45, 7) is 3.09. The van der Waals surface area contributed by atoms with Crippen molar-refractivity contribution >= 4 is 33.3 Å². The molecular formula is C19H20N4S. The molecule has 1 aliphatic rings. The number of anilines is 1. The van der Waals surface area contributed by atoms with Gasteiger partial charge in [0.25, 0.3) is 0 Å². The summed E-state index contributed by atoms with van der Waals surface area (Å²) < 4.78 is 0. The molecule has 0 spiro atoms. The van der Waals surface area contributed by atoms with Crippen molar-refractivity contribution in [3.8, 4) is 0 Å². The summed E-state index contributed by atoms with van der Waals surface area (Å²) in [6.07, 6.45) is 10.3. The first kappa shape index (κ1) is 15.3. The summed E-state index contributed by atoms with van der Waals surface area (Å²) in [7, 11) is 0. The van der Waals surface area contributed by atoms with Gasteiger partial charge in [0.15, 0.2) is 5.13 Å². The molecule has 122 valence electrons. The lowest BCUT2D eigenvalue weighted by molar-refractivity contribution is 0.318. The summed E-state index contributed by atoms with van der Waals surface area (Å²) >= 11 is 1.64. The third-order valence-corrected chi connectivity index (χ3v) is 5.44. The van der Waals surface area contributed by atoms with E-state index in [4.69, 9.17) is 5.73 Å². The third-order valence-electron chi connectivity index (χ3n) is 4.45. The topological polar surface area (TPSA) is 55.0 Å². The van der Waals surface area contributed by atoms with Gasteiger partial charge in [0.2, 0.25) is 0 Å². The minimum absolute atomic E-state index is 0.708. The molecular weight excluding hydrogens is 316 g/mol. The first-order chi connectivity index (χ1) is 11.8. The normalized spacial score (nSPS) is 15.7. The SMILES string of the molecule is Nc1nc2c(s1)CCN(CC=Cc1ccc3cnccc3c1)CC2. The van der Waals surface area contributed by atoms with Gasteiger partial charge < -0.3 is 5.73 Å². The summed E-state index contributed by atoms with van der Waals surface area (Å²) in [6, 6.07) is 8.54. The number of nitrogen functional groups attached to an aromatic ring is 1. The molecule has 0 atom stereocenters. The zero-order chi connectivity index (χ0) is 16.4. The largest absolute Gasteiger partial charge is 0.375 e. The van der Waals surface area contributed by atoms with Gasteiger partial charge in [0, 0.05) is 48.7 Å². The first-order valence-electron chi connectivity index (χ1n) is 8.25. The highest BCUT2D eigenvalue weighted by Crippen LogP contribution is 2.24.